The Balaban J connectivity index is 2.13. The van der Waals surface area contributed by atoms with E-state index in [-0.39, 0.29) is 11.9 Å². The summed E-state index contributed by atoms with van der Waals surface area (Å²) in [4.78, 5) is 12.2. The molecular formula is C16H17ClN2O. The fourth-order valence-corrected chi connectivity index (χ4v) is 2.25. The quantitative estimate of drug-likeness (QED) is 0.846. The van der Waals surface area contributed by atoms with Crippen LogP contribution in [0.25, 0.3) is 0 Å². The summed E-state index contributed by atoms with van der Waals surface area (Å²) in [5.41, 5.74) is 8.87. The number of nitrogens with one attached hydrogen (secondary N) is 1. The van der Waals surface area contributed by atoms with Crippen LogP contribution in [-0.4, -0.2) is 5.91 Å². The predicted octanol–water partition coefficient (Wildman–Crippen LogP) is 3.72. The molecule has 0 spiro atoms. The third-order valence-corrected chi connectivity index (χ3v) is 3.45. The number of nitrogen functional groups attached to an aromatic ring is 1. The minimum atomic E-state index is -0.108. The minimum Gasteiger partial charge on any atom is -0.399 e. The predicted molar refractivity (Wildman–Crippen MR) is 82.9 cm³/mol. The molecule has 104 valence electrons. The van der Waals surface area contributed by atoms with Gasteiger partial charge in [0.05, 0.1) is 6.04 Å². The molecule has 0 bridgehead atoms. The molecule has 0 heterocycles. The first-order valence-electron chi connectivity index (χ1n) is 6.40. The van der Waals surface area contributed by atoms with E-state index in [0.29, 0.717) is 16.3 Å². The minimum absolute atomic E-state index is 0.0850. The Morgan fingerprint density at radius 1 is 1.20 bits per heavy atom. The third kappa shape index (κ3) is 3.31. The van der Waals surface area contributed by atoms with Crippen LogP contribution >= 0.6 is 11.6 Å². The standard InChI is InChI=1S/C16H17ClN2O/c1-10-9-13(17)5-8-15(10)16(20)19-11(2)12-3-6-14(18)7-4-12/h3-9,11H,18H2,1-2H3,(H,19,20). The number of anilines is 1. The van der Waals surface area contributed by atoms with E-state index in [2.05, 4.69) is 5.32 Å². The number of rotatable bonds is 3. The Morgan fingerprint density at radius 2 is 1.85 bits per heavy atom. The molecule has 1 atom stereocenters. The van der Waals surface area contributed by atoms with Crippen molar-refractivity contribution >= 4 is 23.2 Å². The summed E-state index contributed by atoms with van der Waals surface area (Å²) in [5, 5.41) is 3.60. The number of nitrogens with two attached hydrogens (primary N) is 1. The largest absolute Gasteiger partial charge is 0.399 e. The second-order valence-electron chi connectivity index (χ2n) is 4.82. The highest BCUT2D eigenvalue weighted by Gasteiger charge is 2.13. The Bertz CT molecular complexity index is 623. The van der Waals surface area contributed by atoms with Gasteiger partial charge in [-0.15, -0.1) is 0 Å². The number of carbonyl (C=O) groups excluding carboxylic acids is 1. The van der Waals surface area contributed by atoms with Crippen LogP contribution < -0.4 is 11.1 Å². The van der Waals surface area contributed by atoms with E-state index >= 15 is 0 Å². The maximum Gasteiger partial charge on any atom is 0.252 e. The van der Waals surface area contributed by atoms with Crippen molar-refractivity contribution in [1.29, 1.82) is 0 Å². The summed E-state index contributed by atoms with van der Waals surface area (Å²) in [5.74, 6) is -0.108. The highest BCUT2D eigenvalue weighted by Crippen LogP contribution is 2.18. The molecule has 2 aromatic rings. The van der Waals surface area contributed by atoms with E-state index in [4.69, 9.17) is 17.3 Å². The van der Waals surface area contributed by atoms with Gasteiger partial charge in [0.15, 0.2) is 0 Å². The van der Waals surface area contributed by atoms with Crippen LogP contribution in [0.15, 0.2) is 42.5 Å². The van der Waals surface area contributed by atoms with Crippen molar-refractivity contribution < 1.29 is 4.79 Å². The van der Waals surface area contributed by atoms with Gasteiger partial charge in [-0.05, 0) is 55.3 Å². The second-order valence-corrected chi connectivity index (χ2v) is 5.26. The Morgan fingerprint density at radius 3 is 2.45 bits per heavy atom. The summed E-state index contributed by atoms with van der Waals surface area (Å²) < 4.78 is 0. The van der Waals surface area contributed by atoms with Crippen LogP contribution in [0.5, 0.6) is 0 Å². The summed E-state index contributed by atoms with van der Waals surface area (Å²) in [6.45, 7) is 3.81. The summed E-state index contributed by atoms with van der Waals surface area (Å²) in [7, 11) is 0. The molecule has 2 rings (SSSR count). The summed E-state index contributed by atoms with van der Waals surface area (Å²) >= 11 is 5.89. The molecule has 3 N–H and O–H groups in total. The first-order valence-corrected chi connectivity index (χ1v) is 6.77. The monoisotopic (exact) mass is 288 g/mol. The van der Waals surface area contributed by atoms with E-state index < -0.39 is 0 Å². The number of benzene rings is 2. The van der Waals surface area contributed by atoms with Crippen LogP contribution in [0.3, 0.4) is 0 Å². The number of hydrogen-bond donors (Lipinski definition) is 2. The van der Waals surface area contributed by atoms with Gasteiger partial charge in [0.25, 0.3) is 5.91 Å². The Kier molecular flexibility index (Phi) is 4.30. The topological polar surface area (TPSA) is 55.1 Å². The molecule has 0 saturated carbocycles. The summed E-state index contributed by atoms with van der Waals surface area (Å²) in [6, 6.07) is 12.6. The van der Waals surface area contributed by atoms with E-state index in [1.165, 1.54) is 0 Å². The van der Waals surface area contributed by atoms with Crippen LogP contribution in [0, 0.1) is 6.92 Å². The molecule has 0 aliphatic rings. The fourth-order valence-electron chi connectivity index (χ4n) is 2.02. The number of aryl methyl sites for hydroxylation is 1. The van der Waals surface area contributed by atoms with Crippen molar-refractivity contribution in [3.05, 3.63) is 64.2 Å². The van der Waals surface area contributed by atoms with Crippen LogP contribution in [0.4, 0.5) is 5.69 Å². The summed E-state index contributed by atoms with van der Waals surface area (Å²) in [6.07, 6.45) is 0. The van der Waals surface area contributed by atoms with Crippen molar-refractivity contribution in [1.82, 2.24) is 5.32 Å². The maximum absolute atomic E-state index is 12.2. The molecule has 0 aliphatic heterocycles. The van der Waals surface area contributed by atoms with E-state index in [1.54, 1.807) is 18.2 Å². The molecule has 1 unspecified atom stereocenters. The maximum atomic E-state index is 12.2. The fraction of sp³-hybridized carbons (Fsp3) is 0.188. The first kappa shape index (κ1) is 14.4. The Hall–Kier alpha value is -2.00. The normalized spacial score (nSPS) is 11.9. The lowest BCUT2D eigenvalue weighted by Crippen LogP contribution is -2.27. The zero-order valence-corrected chi connectivity index (χ0v) is 12.2. The molecule has 0 aromatic heterocycles. The van der Waals surface area contributed by atoms with Gasteiger partial charge in [0.2, 0.25) is 0 Å². The molecule has 2 aromatic carbocycles. The smallest absolute Gasteiger partial charge is 0.252 e. The van der Waals surface area contributed by atoms with Crippen molar-refractivity contribution in [3.8, 4) is 0 Å². The molecular weight excluding hydrogens is 272 g/mol. The van der Waals surface area contributed by atoms with Crippen LogP contribution in [-0.2, 0) is 0 Å². The average Bonchev–Trinajstić information content (AvgIpc) is 2.39. The lowest BCUT2D eigenvalue weighted by molar-refractivity contribution is 0.0939. The van der Waals surface area contributed by atoms with Gasteiger partial charge < -0.3 is 11.1 Å². The van der Waals surface area contributed by atoms with Crippen molar-refractivity contribution in [3.63, 3.8) is 0 Å². The van der Waals surface area contributed by atoms with Gasteiger partial charge in [-0.25, -0.2) is 0 Å². The molecule has 0 radical (unpaired) electrons. The third-order valence-electron chi connectivity index (χ3n) is 3.22. The number of carbonyl (C=O) groups is 1. The zero-order chi connectivity index (χ0) is 14.7. The lowest BCUT2D eigenvalue weighted by Gasteiger charge is -2.15. The molecule has 3 nitrogen and oxygen atoms in total. The SMILES string of the molecule is Cc1cc(Cl)ccc1C(=O)NC(C)c1ccc(N)cc1. The number of hydrogen-bond acceptors (Lipinski definition) is 2. The van der Waals surface area contributed by atoms with Gasteiger partial charge in [0, 0.05) is 16.3 Å². The zero-order valence-electron chi connectivity index (χ0n) is 11.5. The highest BCUT2D eigenvalue weighted by atomic mass is 35.5. The van der Waals surface area contributed by atoms with Gasteiger partial charge >= 0.3 is 0 Å². The molecule has 0 saturated heterocycles. The van der Waals surface area contributed by atoms with Gasteiger partial charge in [-0.1, -0.05) is 23.7 Å². The average molecular weight is 289 g/mol. The van der Waals surface area contributed by atoms with Gasteiger partial charge in [-0.3, -0.25) is 4.79 Å². The first-order chi connectivity index (χ1) is 9.47. The second kappa shape index (κ2) is 5.97. The molecule has 0 aliphatic carbocycles. The number of halogens is 1. The van der Waals surface area contributed by atoms with Gasteiger partial charge in [0.1, 0.15) is 0 Å². The number of amides is 1. The van der Waals surface area contributed by atoms with E-state index in [9.17, 15) is 4.79 Å². The van der Waals surface area contributed by atoms with Crippen LogP contribution in [0.2, 0.25) is 5.02 Å². The van der Waals surface area contributed by atoms with E-state index in [1.807, 2.05) is 38.1 Å². The van der Waals surface area contributed by atoms with Crippen molar-refractivity contribution in [2.45, 2.75) is 19.9 Å². The Labute approximate surface area is 123 Å². The lowest BCUT2D eigenvalue weighted by atomic mass is 10.1. The molecule has 0 fully saturated rings. The van der Waals surface area contributed by atoms with E-state index in [0.717, 1.165) is 11.1 Å². The molecule has 20 heavy (non-hydrogen) atoms. The highest BCUT2D eigenvalue weighted by molar-refractivity contribution is 6.30. The van der Waals surface area contributed by atoms with Crippen LogP contribution in [0.1, 0.15) is 34.5 Å². The van der Waals surface area contributed by atoms with Crippen molar-refractivity contribution in [2.75, 3.05) is 5.73 Å². The van der Waals surface area contributed by atoms with Gasteiger partial charge in [-0.2, -0.15) is 0 Å². The molecule has 1 amide bonds. The van der Waals surface area contributed by atoms with Crippen molar-refractivity contribution in [2.24, 2.45) is 0 Å². The molecule has 4 heteroatoms.